The highest BCUT2D eigenvalue weighted by atomic mass is 79.9. The van der Waals surface area contributed by atoms with Crippen LogP contribution in [0.3, 0.4) is 0 Å². The average Bonchev–Trinajstić information content (AvgIpc) is 2.46. The summed E-state index contributed by atoms with van der Waals surface area (Å²) >= 11 is 3.41. The molecule has 0 saturated heterocycles. The highest BCUT2D eigenvalue weighted by molar-refractivity contribution is 9.10. The summed E-state index contributed by atoms with van der Waals surface area (Å²) < 4.78 is 14.8. The van der Waals surface area contributed by atoms with E-state index in [-0.39, 0.29) is 17.3 Å². The summed E-state index contributed by atoms with van der Waals surface area (Å²) in [6.07, 6.45) is 0.743. The number of rotatable bonds is 5. The molecule has 0 spiro atoms. The molecule has 0 bridgehead atoms. The summed E-state index contributed by atoms with van der Waals surface area (Å²) in [5.41, 5.74) is 1.26. The maximum Gasteiger partial charge on any atom is 0.335 e. The summed E-state index contributed by atoms with van der Waals surface area (Å²) in [5, 5.41) is 12.1. The van der Waals surface area contributed by atoms with E-state index in [1.165, 1.54) is 18.2 Å². The summed E-state index contributed by atoms with van der Waals surface area (Å²) in [6, 6.07) is 11.4. The van der Waals surface area contributed by atoms with Crippen molar-refractivity contribution in [3.63, 3.8) is 0 Å². The lowest BCUT2D eigenvalue weighted by Crippen LogP contribution is -2.11. The summed E-state index contributed by atoms with van der Waals surface area (Å²) in [6.45, 7) is 1.98. The molecule has 2 aromatic carbocycles. The highest BCUT2D eigenvalue weighted by Crippen LogP contribution is 2.27. The molecule has 3 nitrogen and oxygen atoms in total. The zero-order valence-electron chi connectivity index (χ0n) is 11.4. The molecule has 0 heterocycles. The van der Waals surface area contributed by atoms with E-state index in [0.29, 0.717) is 0 Å². The Hall–Kier alpha value is -1.88. The molecule has 0 radical (unpaired) electrons. The van der Waals surface area contributed by atoms with Gasteiger partial charge in [0.1, 0.15) is 5.82 Å². The Bertz CT molecular complexity index is 660. The number of hydrogen-bond donors (Lipinski definition) is 2. The first-order chi connectivity index (χ1) is 10.0. The van der Waals surface area contributed by atoms with Crippen LogP contribution in [0.1, 0.15) is 35.3 Å². The normalized spacial score (nSPS) is 12.0. The van der Waals surface area contributed by atoms with Crippen LogP contribution in [0, 0.1) is 5.82 Å². The summed E-state index contributed by atoms with van der Waals surface area (Å²) in [5.74, 6) is -1.54. The minimum Gasteiger partial charge on any atom is -0.478 e. The van der Waals surface area contributed by atoms with Gasteiger partial charge in [0, 0.05) is 4.47 Å². The van der Waals surface area contributed by atoms with Crippen LogP contribution in [0.4, 0.5) is 10.1 Å². The molecular formula is C16H15BrFNO2. The van der Waals surface area contributed by atoms with Crippen molar-refractivity contribution in [1.82, 2.24) is 0 Å². The van der Waals surface area contributed by atoms with E-state index < -0.39 is 11.8 Å². The lowest BCUT2D eigenvalue weighted by atomic mass is 10.0. The maximum absolute atomic E-state index is 13.9. The third kappa shape index (κ3) is 3.82. The fourth-order valence-corrected chi connectivity index (χ4v) is 2.52. The maximum atomic E-state index is 13.9. The van der Waals surface area contributed by atoms with Gasteiger partial charge < -0.3 is 10.4 Å². The second-order valence-corrected chi connectivity index (χ2v) is 5.58. The predicted octanol–water partition coefficient (Wildman–Crippen LogP) is 4.85. The molecule has 21 heavy (non-hydrogen) atoms. The van der Waals surface area contributed by atoms with Crippen molar-refractivity contribution in [2.24, 2.45) is 0 Å². The molecular weight excluding hydrogens is 337 g/mol. The Kier molecular flexibility index (Phi) is 4.96. The number of halogens is 2. The second kappa shape index (κ2) is 6.72. The van der Waals surface area contributed by atoms with Gasteiger partial charge >= 0.3 is 5.97 Å². The van der Waals surface area contributed by atoms with Crippen LogP contribution in [0.2, 0.25) is 0 Å². The van der Waals surface area contributed by atoms with Crippen LogP contribution in [-0.4, -0.2) is 11.1 Å². The van der Waals surface area contributed by atoms with Gasteiger partial charge in [-0.15, -0.1) is 0 Å². The second-order valence-electron chi connectivity index (χ2n) is 4.66. The summed E-state index contributed by atoms with van der Waals surface area (Å²) in [4.78, 5) is 11.0. The zero-order valence-corrected chi connectivity index (χ0v) is 13.0. The van der Waals surface area contributed by atoms with E-state index in [2.05, 4.69) is 21.2 Å². The number of carboxylic acid groups (broad SMARTS) is 1. The van der Waals surface area contributed by atoms with Crippen LogP contribution >= 0.6 is 15.9 Å². The van der Waals surface area contributed by atoms with Crippen LogP contribution in [0.5, 0.6) is 0 Å². The third-order valence-electron chi connectivity index (χ3n) is 3.20. The van der Waals surface area contributed by atoms with Gasteiger partial charge in [-0.1, -0.05) is 35.0 Å². The number of nitrogens with one attached hydrogen (secondary N) is 1. The Morgan fingerprint density at radius 2 is 2.10 bits per heavy atom. The first-order valence-corrected chi connectivity index (χ1v) is 7.35. The average molecular weight is 352 g/mol. The Labute approximate surface area is 130 Å². The molecule has 5 heteroatoms. The van der Waals surface area contributed by atoms with Gasteiger partial charge in [0.25, 0.3) is 0 Å². The van der Waals surface area contributed by atoms with Crippen molar-refractivity contribution >= 4 is 27.6 Å². The molecule has 0 aromatic heterocycles. The lowest BCUT2D eigenvalue weighted by molar-refractivity contribution is 0.0697. The molecule has 0 aliphatic rings. The van der Waals surface area contributed by atoms with E-state index in [0.717, 1.165) is 16.5 Å². The molecule has 0 fully saturated rings. The Morgan fingerprint density at radius 3 is 2.71 bits per heavy atom. The van der Waals surface area contributed by atoms with Gasteiger partial charge in [0.05, 0.1) is 17.3 Å². The van der Waals surface area contributed by atoms with Crippen molar-refractivity contribution < 1.29 is 14.3 Å². The van der Waals surface area contributed by atoms with Gasteiger partial charge in [0.2, 0.25) is 0 Å². The smallest absolute Gasteiger partial charge is 0.335 e. The number of benzene rings is 2. The molecule has 110 valence electrons. The number of anilines is 1. The fraction of sp³-hybridized carbons (Fsp3) is 0.188. The van der Waals surface area contributed by atoms with Crippen molar-refractivity contribution in [3.8, 4) is 0 Å². The quantitative estimate of drug-likeness (QED) is 0.809. The third-order valence-corrected chi connectivity index (χ3v) is 3.70. The molecule has 2 aromatic rings. The van der Waals surface area contributed by atoms with Gasteiger partial charge in [-0.2, -0.15) is 0 Å². The number of carbonyl (C=O) groups is 1. The fourth-order valence-electron chi connectivity index (χ4n) is 2.10. The van der Waals surface area contributed by atoms with E-state index >= 15 is 0 Å². The van der Waals surface area contributed by atoms with Crippen molar-refractivity contribution in [2.75, 3.05) is 5.32 Å². The van der Waals surface area contributed by atoms with E-state index in [1.807, 2.05) is 31.2 Å². The first kappa shape index (κ1) is 15.5. The van der Waals surface area contributed by atoms with Crippen LogP contribution < -0.4 is 5.32 Å². The number of carboxylic acids is 1. The van der Waals surface area contributed by atoms with Crippen molar-refractivity contribution in [1.29, 1.82) is 0 Å². The van der Waals surface area contributed by atoms with Crippen LogP contribution in [-0.2, 0) is 0 Å². The minimum absolute atomic E-state index is 0.0583. The molecule has 0 amide bonds. The van der Waals surface area contributed by atoms with Crippen LogP contribution in [0.15, 0.2) is 46.9 Å². The molecule has 0 aliphatic heterocycles. The van der Waals surface area contributed by atoms with Gasteiger partial charge in [-0.05, 0) is 42.3 Å². The predicted molar refractivity (Wildman–Crippen MR) is 84.2 cm³/mol. The Balaban J connectivity index is 2.30. The molecule has 0 aliphatic carbocycles. The van der Waals surface area contributed by atoms with Crippen LogP contribution in [0.25, 0.3) is 0 Å². The molecule has 0 saturated carbocycles. The standard InChI is InChI=1S/C16H15BrFNO2/c1-2-14(10-4-3-5-12(17)8-10)19-15-9-11(16(20)21)6-7-13(15)18/h3-9,14,19H,2H2,1H3,(H,20,21). The molecule has 2 rings (SSSR count). The largest absolute Gasteiger partial charge is 0.478 e. The topological polar surface area (TPSA) is 49.3 Å². The zero-order chi connectivity index (χ0) is 15.4. The van der Waals surface area contributed by atoms with Crippen molar-refractivity contribution in [3.05, 3.63) is 63.9 Å². The lowest BCUT2D eigenvalue weighted by Gasteiger charge is -2.19. The van der Waals surface area contributed by atoms with Crippen molar-refractivity contribution in [2.45, 2.75) is 19.4 Å². The van der Waals surface area contributed by atoms with Gasteiger partial charge in [-0.25, -0.2) is 9.18 Å². The van der Waals surface area contributed by atoms with E-state index in [9.17, 15) is 9.18 Å². The molecule has 2 N–H and O–H groups in total. The monoisotopic (exact) mass is 351 g/mol. The Morgan fingerprint density at radius 1 is 1.33 bits per heavy atom. The molecule has 1 atom stereocenters. The summed E-state index contributed by atoms with van der Waals surface area (Å²) in [7, 11) is 0. The SMILES string of the molecule is CCC(Nc1cc(C(=O)O)ccc1F)c1cccc(Br)c1. The van der Waals surface area contributed by atoms with Gasteiger partial charge in [-0.3, -0.25) is 0 Å². The molecule has 1 unspecified atom stereocenters. The van der Waals surface area contributed by atoms with E-state index in [4.69, 9.17) is 5.11 Å². The highest BCUT2D eigenvalue weighted by Gasteiger charge is 2.14. The van der Waals surface area contributed by atoms with E-state index in [1.54, 1.807) is 0 Å². The number of aromatic carboxylic acids is 1. The minimum atomic E-state index is -1.08. The van der Waals surface area contributed by atoms with Gasteiger partial charge in [0.15, 0.2) is 0 Å². The number of hydrogen-bond acceptors (Lipinski definition) is 2. The first-order valence-electron chi connectivity index (χ1n) is 6.56.